The fourth-order valence-electron chi connectivity index (χ4n) is 2.49. The molecule has 2 aromatic rings. The Kier molecular flexibility index (Phi) is 4.52. The van der Waals surface area contributed by atoms with Crippen LogP contribution in [0.1, 0.15) is 31.9 Å². The Hall–Kier alpha value is -2.43. The van der Waals surface area contributed by atoms with Crippen LogP contribution in [-0.2, 0) is 9.59 Å². The number of amides is 1. The Balaban J connectivity index is 2.60. The molecule has 0 saturated carbocycles. The maximum atomic E-state index is 11.8. The third-order valence-corrected chi connectivity index (χ3v) is 3.37. The van der Waals surface area contributed by atoms with Crippen molar-refractivity contribution in [3.8, 4) is 0 Å². The van der Waals surface area contributed by atoms with E-state index in [0.717, 1.165) is 5.39 Å². The number of hydrogen-bond donors (Lipinski definition) is 1. The summed E-state index contributed by atoms with van der Waals surface area (Å²) in [6, 6.07) is 8.06. The van der Waals surface area contributed by atoms with Crippen LogP contribution in [0.5, 0.6) is 0 Å². The molecule has 1 aromatic heterocycles. The van der Waals surface area contributed by atoms with Gasteiger partial charge in [-0.2, -0.15) is 0 Å². The molecule has 0 aliphatic heterocycles. The fourth-order valence-corrected chi connectivity index (χ4v) is 2.49. The largest absolute Gasteiger partial charge is 0.479 e. The summed E-state index contributed by atoms with van der Waals surface area (Å²) in [4.78, 5) is 29.2. The Morgan fingerprint density at radius 2 is 2.00 bits per heavy atom. The number of nitrogens with zero attached hydrogens (tertiary/aromatic N) is 2. The van der Waals surface area contributed by atoms with Crippen LogP contribution in [0.4, 0.5) is 0 Å². The molecule has 5 nitrogen and oxygen atoms in total. The highest BCUT2D eigenvalue weighted by Crippen LogP contribution is 2.27. The van der Waals surface area contributed by atoms with Crippen LogP contribution in [0.25, 0.3) is 10.9 Å². The highest BCUT2D eigenvalue weighted by Gasteiger charge is 2.30. The molecule has 1 atom stereocenters. The van der Waals surface area contributed by atoms with Crippen molar-refractivity contribution in [2.45, 2.75) is 26.3 Å². The van der Waals surface area contributed by atoms with Crippen LogP contribution < -0.4 is 0 Å². The third-order valence-electron chi connectivity index (χ3n) is 3.37. The van der Waals surface area contributed by atoms with Gasteiger partial charge in [0, 0.05) is 30.6 Å². The molecule has 0 aliphatic rings. The van der Waals surface area contributed by atoms with Gasteiger partial charge in [0.1, 0.15) is 0 Å². The van der Waals surface area contributed by atoms with E-state index in [1.165, 1.54) is 11.8 Å². The summed E-state index contributed by atoms with van der Waals surface area (Å²) in [6.45, 7) is 3.70. The summed E-state index contributed by atoms with van der Waals surface area (Å²) in [5.74, 6) is -1.30. The summed E-state index contributed by atoms with van der Waals surface area (Å²) >= 11 is 0. The van der Waals surface area contributed by atoms with E-state index in [4.69, 9.17) is 0 Å². The molecule has 1 heterocycles. The average molecular weight is 286 g/mol. The number of pyridine rings is 1. The second-order valence-electron chi connectivity index (χ2n) is 4.88. The van der Waals surface area contributed by atoms with Crippen LogP contribution in [-0.4, -0.2) is 33.4 Å². The van der Waals surface area contributed by atoms with Crippen LogP contribution in [0.2, 0.25) is 0 Å². The molecule has 0 spiro atoms. The zero-order valence-electron chi connectivity index (χ0n) is 12.1. The first-order valence-corrected chi connectivity index (χ1v) is 6.90. The Morgan fingerprint density at radius 1 is 1.29 bits per heavy atom. The van der Waals surface area contributed by atoms with E-state index in [2.05, 4.69) is 4.98 Å². The van der Waals surface area contributed by atoms with Gasteiger partial charge in [-0.1, -0.05) is 31.2 Å². The van der Waals surface area contributed by atoms with Crippen molar-refractivity contribution in [3.63, 3.8) is 0 Å². The SMILES string of the molecule is CCCN(C(C)=O)C(C(=O)O)c1cccc2cccnc12. The van der Waals surface area contributed by atoms with Gasteiger partial charge in [-0.15, -0.1) is 0 Å². The first kappa shape index (κ1) is 15.0. The number of carboxylic acids is 1. The number of aromatic nitrogens is 1. The monoisotopic (exact) mass is 286 g/mol. The van der Waals surface area contributed by atoms with Gasteiger partial charge in [-0.3, -0.25) is 9.78 Å². The molecule has 0 fully saturated rings. The zero-order valence-corrected chi connectivity index (χ0v) is 12.1. The van der Waals surface area contributed by atoms with Crippen LogP contribution in [0.15, 0.2) is 36.5 Å². The predicted octanol–water partition coefficient (Wildman–Crippen LogP) is 2.62. The summed E-state index contributed by atoms with van der Waals surface area (Å²) in [7, 11) is 0. The van der Waals surface area contributed by atoms with Crippen molar-refractivity contribution < 1.29 is 14.7 Å². The molecule has 0 saturated heterocycles. The maximum absolute atomic E-state index is 11.8. The molecular weight excluding hydrogens is 268 g/mol. The number of para-hydroxylation sites is 1. The topological polar surface area (TPSA) is 70.5 Å². The lowest BCUT2D eigenvalue weighted by atomic mass is 10.0. The van der Waals surface area contributed by atoms with E-state index < -0.39 is 12.0 Å². The second-order valence-corrected chi connectivity index (χ2v) is 4.88. The van der Waals surface area contributed by atoms with Crippen LogP contribution >= 0.6 is 0 Å². The summed E-state index contributed by atoms with van der Waals surface area (Å²) in [5, 5.41) is 10.5. The van der Waals surface area contributed by atoms with Crippen molar-refractivity contribution in [1.82, 2.24) is 9.88 Å². The number of rotatable bonds is 5. The highest BCUT2D eigenvalue weighted by molar-refractivity contribution is 5.90. The Bertz CT molecular complexity index is 664. The van der Waals surface area contributed by atoms with Crippen molar-refractivity contribution in [1.29, 1.82) is 0 Å². The van der Waals surface area contributed by atoms with Crippen LogP contribution in [0, 0.1) is 0 Å². The van der Waals surface area contributed by atoms with E-state index in [1.54, 1.807) is 24.4 Å². The number of carboxylic acid groups (broad SMARTS) is 1. The smallest absolute Gasteiger partial charge is 0.331 e. The fraction of sp³-hybridized carbons (Fsp3) is 0.312. The molecule has 1 unspecified atom stereocenters. The van der Waals surface area contributed by atoms with E-state index in [9.17, 15) is 14.7 Å². The average Bonchev–Trinajstić information content (AvgIpc) is 2.46. The lowest BCUT2D eigenvalue weighted by Gasteiger charge is -2.28. The highest BCUT2D eigenvalue weighted by atomic mass is 16.4. The second kappa shape index (κ2) is 6.35. The van der Waals surface area contributed by atoms with Crippen molar-refractivity contribution >= 4 is 22.8 Å². The van der Waals surface area contributed by atoms with E-state index >= 15 is 0 Å². The van der Waals surface area contributed by atoms with Crippen LogP contribution in [0.3, 0.4) is 0 Å². The lowest BCUT2D eigenvalue weighted by Crippen LogP contribution is -2.38. The van der Waals surface area contributed by atoms with Crippen molar-refractivity contribution in [3.05, 3.63) is 42.1 Å². The maximum Gasteiger partial charge on any atom is 0.331 e. The third kappa shape index (κ3) is 3.02. The van der Waals surface area contributed by atoms with Gasteiger partial charge in [-0.05, 0) is 12.5 Å². The first-order chi connectivity index (χ1) is 10.1. The van der Waals surface area contributed by atoms with Crippen molar-refractivity contribution in [2.75, 3.05) is 6.54 Å². The number of benzene rings is 1. The molecule has 0 bridgehead atoms. The summed E-state index contributed by atoms with van der Waals surface area (Å²) < 4.78 is 0. The summed E-state index contributed by atoms with van der Waals surface area (Å²) in [5.41, 5.74) is 1.17. The van der Waals surface area contributed by atoms with E-state index in [0.29, 0.717) is 24.0 Å². The predicted molar refractivity (Wildman–Crippen MR) is 79.8 cm³/mol. The zero-order chi connectivity index (χ0) is 15.4. The Morgan fingerprint density at radius 3 is 2.62 bits per heavy atom. The number of carbonyl (C=O) groups is 2. The molecule has 2 rings (SSSR count). The molecule has 0 aliphatic carbocycles. The molecule has 0 radical (unpaired) electrons. The number of hydrogen-bond acceptors (Lipinski definition) is 3. The van der Waals surface area contributed by atoms with Gasteiger partial charge in [0.05, 0.1) is 5.52 Å². The number of aliphatic carboxylic acids is 1. The lowest BCUT2D eigenvalue weighted by molar-refractivity contribution is -0.149. The Labute approximate surface area is 123 Å². The normalized spacial score (nSPS) is 12.1. The molecular formula is C16H18N2O3. The minimum absolute atomic E-state index is 0.253. The minimum Gasteiger partial charge on any atom is -0.479 e. The molecule has 5 heteroatoms. The van der Waals surface area contributed by atoms with Gasteiger partial charge in [0.2, 0.25) is 5.91 Å². The molecule has 21 heavy (non-hydrogen) atoms. The summed E-state index contributed by atoms with van der Waals surface area (Å²) in [6.07, 6.45) is 2.32. The minimum atomic E-state index is -1.04. The van der Waals surface area contributed by atoms with Gasteiger partial charge in [-0.25, -0.2) is 4.79 Å². The quantitative estimate of drug-likeness (QED) is 0.917. The number of carbonyl (C=O) groups excluding carboxylic acids is 1. The molecule has 1 amide bonds. The van der Waals surface area contributed by atoms with E-state index in [1.807, 2.05) is 19.1 Å². The van der Waals surface area contributed by atoms with E-state index in [-0.39, 0.29) is 5.91 Å². The molecule has 1 N–H and O–H groups in total. The van der Waals surface area contributed by atoms with Gasteiger partial charge in [0.25, 0.3) is 0 Å². The molecule has 1 aromatic carbocycles. The van der Waals surface area contributed by atoms with Gasteiger partial charge >= 0.3 is 5.97 Å². The number of fused-ring (bicyclic) bond motifs is 1. The standard InChI is InChI=1S/C16H18N2O3/c1-3-10-18(11(2)19)15(16(20)21)13-8-4-6-12-7-5-9-17-14(12)13/h4-9,15H,3,10H2,1-2H3,(H,20,21). The van der Waals surface area contributed by atoms with Crippen molar-refractivity contribution in [2.24, 2.45) is 0 Å². The van der Waals surface area contributed by atoms with Gasteiger partial charge in [0.15, 0.2) is 6.04 Å². The van der Waals surface area contributed by atoms with Gasteiger partial charge < -0.3 is 10.0 Å². The molecule has 110 valence electrons. The first-order valence-electron chi connectivity index (χ1n) is 6.90.